The number of aromatic nitrogens is 3. The highest BCUT2D eigenvalue weighted by Crippen LogP contribution is 2.35. The number of hydrogen-bond donors (Lipinski definition) is 0. The minimum absolute atomic E-state index is 0.0509. The number of halogens is 1. The molecule has 0 bridgehead atoms. The van der Waals surface area contributed by atoms with Crippen molar-refractivity contribution in [1.82, 2.24) is 18.8 Å². The molecule has 0 N–H and O–H groups in total. The van der Waals surface area contributed by atoms with Gasteiger partial charge in [0.1, 0.15) is 17.7 Å². The summed E-state index contributed by atoms with van der Waals surface area (Å²) in [4.78, 5) is 25.2. The van der Waals surface area contributed by atoms with Crippen molar-refractivity contribution in [1.29, 1.82) is 0 Å². The van der Waals surface area contributed by atoms with Crippen molar-refractivity contribution in [3.63, 3.8) is 0 Å². The summed E-state index contributed by atoms with van der Waals surface area (Å²) in [6.07, 6.45) is 4.05. The van der Waals surface area contributed by atoms with Crippen LogP contribution in [0, 0.1) is 0 Å². The SMILES string of the molecule is CN(C(=O)OC(C)(C)C)C1CCN(c2ncnc3c2c(Br)cn3S(=O)(=O)c2ccccc2)CC1. The van der Waals surface area contributed by atoms with Gasteiger partial charge in [0.05, 0.1) is 10.3 Å². The highest BCUT2D eigenvalue weighted by molar-refractivity contribution is 9.10. The highest BCUT2D eigenvalue weighted by atomic mass is 79.9. The topological polar surface area (TPSA) is 97.6 Å². The van der Waals surface area contributed by atoms with E-state index in [0.29, 0.717) is 34.4 Å². The minimum atomic E-state index is -3.82. The molecule has 1 aliphatic rings. The lowest BCUT2D eigenvalue weighted by Gasteiger charge is -2.37. The van der Waals surface area contributed by atoms with Crippen LogP contribution in [0.2, 0.25) is 0 Å². The smallest absolute Gasteiger partial charge is 0.410 e. The molecular weight excluding hydrogens is 522 g/mol. The number of rotatable bonds is 4. The third kappa shape index (κ3) is 4.76. The quantitative estimate of drug-likeness (QED) is 0.479. The number of nitrogens with zero attached hydrogens (tertiary/aromatic N) is 5. The predicted molar refractivity (Wildman–Crippen MR) is 133 cm³/mol. The van der Waals surface area contributed by atoms with Crippen LogP contribution in [0.4, 0.5) is 10.6 Å². The molecule has 1 saturated heterocycles. The fourth-order valence-electron chi connectivity index (χ4n) is 4.05. The van der Waals surface area contributed by atoms with Crippen LogP contribution in [0.1, 0.15) is 33.6 Å². The lowest BCUT2D eigenvalue weighted by Crippen LogP contribution is -2.47. The summed E-state index contributed by atoms with van der Waals surface area (Å²) < 4.78 is 33.8. The van der Waals surface area contributed by atoms with Gasteiger partial charge in [-0.1, -0.05) is 18.2 Å². The Morgan fingerprint density at radius 2 is 1.79 bits per heavy atom. The molecule has 1 aromatic carbocycles. The second-order valence-corrected chi connectivity index (χ2v) is 12.0. The first-order valence-corrected chi connectivity index (χ1v) is 13.3. The van der Waals surface area contributed by atoms with Crippen LogP contribution in [-0.2, 0) is 14.8 Å². The van der Waals surface area contributed by atoms with Gasteiger partial charge in [0.2, 0.25) is 0 Å². The molecule has 0 unspecified atom stereocenters. The number of anilines is 1. The Hall–Kier alpha value is -2.66. The van der Waals surface area contributed by atoms with Gasteiger partial charge in [-0.3, -0.25) is 0 Å². The molecule has 11 heteroatoms. The second-order valence-electron chi connectivity index (χ2n) is 9.30. The number of carbonyl (C=O) groups excluding carboxylic acids is 1. The number of carbonyl (C=O) groups is 1. The van der Waals surface area contributed by atoms with Crippen LogP contribution < -0.4 is 4.90 Å². The molecule has 182 valence electrons. The van der Waals surface area contributed by atoms with E-state index >= 15 is 0 Å². The molecule has 0 aliphatic carbocycles. The van der Waals surface area contributed by atoms with E-state index in [0.717, 1.165) is 12.8 Å². The van der Waals surface area contributed by atoms with Gasteiger partial charge in [0.25, 0.3) is 10.0 Å². The van der Waals surface area contributed by atoms with Crippen molar-refractivity contribution in [2.45, 2.75) is 50.2 Å². The summed E-state index contributed by atoms with van der Waals surface area (Å²) in [6.45, 7) is 6.87. The van der Waals surface area contributed by atoms with Gasteiger partial charge in [-0.25, -0.2) is 27.2 Å². The fraction of sp³-hybridized carbons (Fsp3) is 0.435. The van der Waals surface area contributed by atoms with Crippen LogP contribution in [0.5, 0.6) is 0 Å². The van der Waals surface area contributed by atoms with Gasteiger partial charge in [-0.05, 0) is 61.7 Å². The average molecular weight is 550 g/mol. The van der Waals surface area contributed by atoms with E-state index in [1.807, 2.05) is 20.8 Å². The van der Waals surface area contributed by atoms with Crippen LogP contribution >= 0.6 is 15.9 Å². The lowest BCUT2D eigenvalue weighted by atomic mass is 10.0. The van der Waals surface area contributed by atoms with Gasteiger partial charge < -0.3 is 14.5 Å². The second kappa shape index (κ2) is 9.18. The van der Waals surface area contributed by atoms with Gasteiger partial charge in [-0.15, -0.1) is 0 Å². The molecule has 34 heavy (non-hydrogen) atoms. The van der Waals surface area contributed by atoms with E-state index in [4.69, 9.17) is 4.74 Å². The molecule has 3 aromatic rings. The number of benzene rings is 1. The first-order chi connectivity index (χ1) is 16.0. The van der Waals surface area contributed by atoms with E-state index in [-0.39, 0.29) is 17.0 Å². The lowest BCUT2D eigenvalue weighted by molar-refractivity contribution is 0.0201. The van der Waals surface area contributed by atoms with E-state index in [9.17, 15) is 13.2 Å². The van der Waals surface area contributed by atoms with Gasteiger partial charge in [0.15, 0.2) is 5.65 Å². The monoisotopic (exact) mass is 549 g/mol. The third-order valence-corrected chi connectivity index (χ3v) is 8.04. The van der Waals surface area contributed by atoms with Gasteiger partial charge >= 0.3 is 6.09 Å². The zero-order valence-corrected chi connectivity index (χ0v) is 22.0. The highest BCUT2D eigenvalue weighted by Gasteiger charge is 2.31. The van der Waals surface area contributed by atoms with E-state index < -0.39 is 15.6 Å². The third-order valence-electron chi connectivity index (χ3n) is 5.78. The van der Waals surface area contributed by atoms with Crippen LogP contribution in [0.25, 0.3) is 11.0 Å². The summed E-state index contributed by atoms with van der Waals surface area (Å²) in [5.74, 6) is 0.664. The summed E-state index contributed by atoms with van der Waals surface area (Å²) in [5, 5.41) is 0.640. The number of piperidine rings is 1. The average Bonchev–Trinajstić information content (AvgIpc) is 3.16. The molecule has 0 atom stereocenters. The first kappa shape index (κ1) is 24.5. The first-order valence-electron chi connectivity index (χ1n) is 11.0. The van der Waals surface area contributed by atoms with Crippen molar-refractivity contribution in [3.8, 4) is 0 Å². The normalized spacial score (nSPS) is 15.5. The predicted octanol–water partition coefficient (Wildman–Crippen LogP) is 4.27. The van der Waals surface area contributed by atoms with Crippen LogP contribution in [0.3, 0.4) is 0 Å². The molecule has 2 aromatic heterocycles. The molecule has 1 aliphatic heterocycles. The van der Waals surface area contributed by atoms with Crippen LogP contribution in [0.15, 0.2) is 52.2 Å². The molecule has 0 spiro atoms. The standard InChI is InChI=1S/C23H28BrN5O4S/c1-23(2,3)33-22(30)27(4)16-10-12-28(13-11-16)20-19-18(24)14-29(21(19)26-15-25-20)34(31,32)17-8-6-5-7-9-17/h5-9,14-16H,10-13H2,1-4H3. The Morgan fingerprint density at radius 1 is 1.15 bits per heavy atom. The molecular formula is C23H28BrN5O4S. The van der Waals surface area contributed by atoms with Crippen LogP contribution in [-0.4, -0.2) is 65.1 Å². The Labute approximate surface area is 207 Å². The van der Waals surface area contributed by atoms with Crippen molar-refractivity contribution in [3.05, 3.63) is 47.3 Å². The van der Waals surface area contributed by atoms with E-state index in [2.05, 4.69) is 30.8 Å². The summed E-state index contributed by atoms with van der Waals surface area (Å²) in [6, 6.07) is 8.31. The fourth-order valence-corrected chi connectivity index (χ4v) is 6.09. The van der Waals surface area contributed by atoms with E-state index in [1.54, 1.807) is 42.3 Å². The Balaban J connectivity index is 1.58. The maximum atomic E-state index is 13.2. The summed E-state index contributed by atoms with van der Waals surface area (Å²) in [7, 11) is -2.05. The molecule has 3 heterocycles. The van der Waals surface area contributed by atoms with E-state index in [1.165, 1.54) is 16.5 Å². The number of amides is 1. The number of ether oxygens (including phenoxy) is 1. The molecule has 4 rings (SSSR count). The molecule has 1 fully saturated rings. The zero-order valence-electron chi connectivity index (χ0n) is 19.6. The molecule has 1 amide bonds. The number of fused-ring (bicyclic) bond motifs is 1. The van der Waals surface area contributed by atoms with Crippen molar-refractivity contribution in [2.24, 2.45) is 0 Å². The Bertz CT molecular complexity index is 1300. The minimum Gasteiger partial charge on any atom is -0.444 e. The molecule has 0 radical (unpaired) electrons. The van der Waals surface area contributed by atoms with Crippen molar-refractivity contribution >= 4 is 48.9 Å². The maximum absolute atomic E-state index is 13.2. The molecule has 0 saturated carbocycles. The zero-order chi connectivity index (χ0) is 24.7. The molecule has 9 nitrogen and oxygen atoms in total. The van der Waals surface area contributed by atoms with Gasteiger partial charge in [-0.2, -0.15) is 0 Å². The van der Waals surface area contributed by atoms with Crippen molar-refractivity contribution < 1.29 is 17.9 Å². The van der Waals surface area contributed by atoms with Gasteiger partial charge in [0, 0.05) is 36.8 Å². The summed E-state index contributed by atoms with van der Waals surface area (Å²) in [5.41, 5.74) is -0.230. The van der Waals surface area contributed by atoms with Crippen molar-refractivity contribution in [2.75, 3.05) is 25.0 Å². The Kier molecular flexibility index (Phi) is 6.61. The largest absolute Gasteiger partial charge is 0.444 e. The summed E-state index contributed by atoms with van der Waals surface area (Å²) >= 11 is 3.52. The Morgan fingerprint density at radius 3 is 2.41 bits per heavy atom. The number of hydrogen-bond acceptors (Lipinski definition) is 7. The maximum Gasteiger partial charge on any atom is 0.410 e.